The molecule has 2 heterocycles. The highest BCUT2D eigenvalue weighted by molar-refractivity contribution is 7.15. The van der Waals surface area contributed by atoms with Crippen LogP contribution in [0.4, 0.5) is 5.13 Å². The van der Waals surface area contributed by atoms with Crippen LogP contribution < -0.4 is 4.90 Å². The van der Waals surface area contributed by atoms with Crippen molar-refractivity contribution >= 4 is 16.5 Å². The van der Waals surface area contributed by atoms with Crippen LogP contribution in [0.2, 0.25) is 0 Å². The normalized spacial score (nSPS) is 21.4. The molecule has 1 aliphatic carbocycles. The van der Waals surface area contributed by atoms with Gasteiger partial charge in [-0.25, -0.2) is 4.98 Å². The third-order valence-corrected chi connectivity index (χ3v) is 5.57. The minimum Gasteiger partial charge on any atom is -0.388 e. The number of thiazole rings is 1. The first kappa shape index (κ1) is 12.4. The summed E-state index contributed by atoms with van der Waals surface area (Å²) < 4.78 is 0. The molecule has 1 aromatic carbocycles. The van der Waals surface area contributed by atoms with Crippen LogP contribution in [-0.4, -0.2) is 16.6 Å². The minimum atomic E-state index is -0.290. The molecule has 1 atom stereocenters. The number of anilines is 1. The Bertz CT molecular complexity index is 637. The number of aromatic nitrogens is 1. The first-order chi connectivity index (χ1) is 9.81. The van der Waals surface area contributed by atoms with E-state index in [0.29, 0.717) is 0 Å². The van der Waals surface area contributed by atoms with Crippen molar-refractivity contribution in [3.05, 3.63) is 46.0 Å². The van der Waals surface area contributed by atoms with Crippen molar-refractivity contribution in [3.63, 3.8) is 0 Å². The quantitative estimate of drug-likeness (QED) is 0.875. The molecular weight excluding hydrogens is 268 g/mol. The van der Waals surface area contributed by atoms with Crippen molar-refractivity contribution in [2.75, 3.05) is 11.4 Å². The Balaban J connectivity index is 1.63. The summed E-state index contributed by atoms with van der Waals surface area (Å²) in [5.74, 6) is 0. The molecule has 0 radical (unpaired) electrons. The van der Waals surface area contributed by atoms with Crippen molar-refractivity contribution in [2.24, 2.45) is 0 Å². The monoisotopic (exact) mass is 286 g/mol. The molecule has 4 rings (SSSR count). The van der Waals surface area contributed by atoms with Crippen molar-refractivity contribution in [1.29, 1.82) is 0 Å². The highest BCUT2D eigenvalue weighted by atomic mass is 32.1. The highest BCUT2D eigenvalue weighted by Crippen LogP contribution is 2.38. The third-order valence-electron chi connectivity index (χ3n) is 4.31. The fourth-order valence-corrected chi connectivity index (χ4v) is 4.34. The topological polar surface area (TPSA) is 36.4 Å². The fourth-order valence-electron chi connectivity index (χ4n) is 3.18. The zero-order valence-electron chi connectivity index (χ0n) is 11.4. The average Bonchev–Trinajstić information content (AvgIpc) is 2.92. The zero-order chi connectivity index (χ0) is 13.5. The van der Waals surface area contributed by atoms with Crippen LogP contribution in [0.15, 0.2) is 24.3 Å². The number of aliphatic hydroxyl groups excluding tert-OH is 1. The molecule has 2 aromatic rings. The maximum atomic E-state index is 10.1. The Hall–Kier alpha value is -1.39. The molecule has 104 valence electrons. The lowest BCUT2D eigenvalue weighted by molar-refractivity contribution is 0.160. The van der Waals surface area contributed by atoms with Gasteiger partial charge in [-0.15, -0.1) is 0 Å². The molecule has 1 aliphatic heterocycles. The summed E-state index contributed by atoms with van der Waals surface area (Å²) in [5, 5.41) is 11.2. The van der Waals surface area contributed by atoms with E-state index in [1.165, 1.54) is 11.1 Å². The van der Waals surface area contributed by atoms with Crippen LogP contribution in [0.5, 0.6) is 0 Å². The number of benzene rings is 1. The van der Waals surface area contributed by atoms with Gasteiger partial charge in [-0.2, -0.15) is 0 Å². The van der Waals surface area contributed by atoms with Crippen LogP contribution in [0.3, 0.4) is 0 Å². The zero-order valence-corrected chi connectivity index (χ0v) is 12.2. The molecule has 4 heteroatoms. The van der Waals surface area contributed by atoms with E-state index in [1.54, 1.807) is 11.3 Å². The summed E-state index contributed by atoms with van der Waals surface area (Å²) in [6.45, 7) is 1.97. The van der Waals surface area contributed by atoms with Crippen LogP contribution >= 0.6 is 11.3 Å². The number of aryl methyl sites for hydroxylation is 1. The number of nitrogens with zero attached hydrogens (tertiary/aromatic N) is 2. The van der Waals surface area contributed by atoms with Crippen LogP contribution in [0.1, 0.15) is 40.6 Å². The van der Waals surface area contributed by atoms with Crippen LogP contribution in [-0.2, 0) is 19.4 Å². The molecule has 1 aromatic heterocycles. The van der Waals surface area contributed by atoms with Gasteiger partial charge in [0.15, 0.2) is 5.13 Å². The molecule has 20 heavy (non-hydrogen) atoms. The minimum absolute atomic E-state index is 0.290. The summed E-state index contributed by atoms with van der Waals surface area (Å²) in [4.78, 5) is 8.24. The number of rotatable bonds is 1. The number of aliphatic hydroxyl groups is 1. The molecule has 0 spiro atoms. The van der Waals surface area contributed by atoms with Gasteiger partial charge >= 0.3 is 0 Å². The van der Waals surface area contributed by atoms with Gasteiger partial charge < -0.3 is 10.0 Å². The Morgan fingerprint density at radius 2 is 2.05 bits per heavy atom. The Labute approximate surface area is 122 Å². The van der Waals surface area contributed by atoms with Crippen molar-refractivity contribution < 1.29 is 5.11 Å². The Morgan fingerprint density at radius 3 is 2.90 bits per heavy atom. The second-order valence-corrected chi connectivity index (χ2v) is 6.66. The summed E-state index contributed by atoms with van der Waals surface area (Å²) in [6.07, 6.45) is 3.76. The summed E-state index contributed by atoms with van der Waals surface area (Å²) >= 11 is 1.69. The summed E-state index contributed by atoms with van der Waals surface area (Å²) in [6, 6.07) is 8.67. The van der Waals surface area contributed by atoms with E-state index in [2.05, 4.69) is 29.2 Å². The first-order valence-corrected chi connectivity index (χ1v) is 8.12. The smallest absolute Gasteiger partial charge is 0.186 e. The second kappa shape index (κ2) is 4.86. The molecule has 0 fully saturated rings. The van der Waals surface area contributed by atoms with Crippen LogP contribution in [0, 0.1) is 0 Å². The number of fused-ring (bicyclic) bond motifs is 2. The molecule has 0 bridgehead atoms. The summed E-state index contributed by atoms with van der Waals surface area (Å²) in [7, 11) is 0. The van der Waals surface area contributed by atoms with E-state index in [1.807, 2.05) is 0 Å². The lowest BCUT2D eigenvalue weighted by Gasteiger charge is -2.28. The van der Waals surface area contributed by atoms with E-state index in [4.69, 9.17) is 4.98 Å². The van der Waals surface area contributed by atoms with Gasteiger partial charge in [0.05, 0.1) is 16.7 Å². The van der Waals surface area contributed by atoms with E-state index in [0.717, 1.165) is 54.5 Å². The van der Waals surface area contributed by atoms with Gasteiger partial charge in [0.1, 0.15) is 0 Å². The van der Waals surface area contributed by atoms with Gasteiger partial charge in [0, 0.05) is 13.1 Å². The van der Waals surface area contributed by atoms with Crippen molar-refractivity contribution in [1.82, 2.24) is 4.98 Å². The van der Waals surface area contributed by atoms with Gasteiger partial charge in [0.25, 0.3) is 0 Å². The van der Waals surface area contributed by atoms with Gasteiger partial charge in [-0.05, 0) is 36.8 Å². The second-order valence-electron chi connectivity index (χ2n) is 5.66. The van der Waals surface area contributed by atoms with E-state index >= 15 is 0 Å². The Morgan fingerprint density at radius 1 is 1.20 bits per heavy atom. The molecule has 0 saturated heterocycles. The molecule has 1 N–H and O–H groups in total. The SMILES string of the molecule is OC1CCCc2nc(N3CCc4ccccc4C3)sc21. The van der Waals surface area contributed by atoms with Gasteiger partial charge in [-0.3, -0.25) is 0 Å². The molecule has 0 amide bonds. The summed E-state index contributed by atoms with van der Waals surface area (Å²) in [5.41, 5.74) is 4.00. The number of hydrogen-bond donors (Lipinski definition) is 1. The predicted molar refractivity (Wildman–Crippen MR) is 81.2 cm³/mol. The largest absolute Gasteiger partial charge is 0.388 e. The predicted octanol–water partition coefficient (Wildman–Crippen LogP) is 3.08. The lowest BCUT2D eigenvalue weighted by atomic mass is 10.0. The molecule has 2 aliphatic rings. The Kier molecular flexibility index (Phi) is 3.00. The van der Waals surface area contributed by atoms with Crippen molar-refractivity contribution in [2.45, 2.75) is 38.3 Å². The van der Waals surface area contributed by atoms with Gasteiger partial charge in [-0.1, -0.05) is 35.6 Å². The van der Waals surface area contributed by atoms with E-state index < -0.39 is 0 Å². The molecule has 3 nitrogen and oxygen atoms in total. The maximum absolute atomic E-state index is 10.1. The molecule has 0 saturated carbocycles. The van der Waals surface area contributed by atoms with Crippen LogP contribution in [0.25, 0.3) is 0 Å². The fraction of sp³-hybridized carbons (Fsp3) is 0.438. The van der Waals surface area contributed by atoms with E-state index in [9.17, 15) is 5.11 Å². The standard InChI is InChI=1S/C16H18N2OS/c19-14-7-3-6-13-15(14)20-16(17-13)18-9-8-11-4-1-2-5-12(11)10-18/h1-2,4-5,14,19H,3,6-10H2. The van der Waals surface area contributed by atoms with Gasteiger partial charge in [0.2, 0.25) is 0 Å². The maximum Gasteiger partial charge on any atom is 0.186 e. The van der Waals surface area contributed by atoms with Crippen molar-refractivity contribution in [3.8, 4) is 0 Å². The van der Waals surface area contributed by atoms with E-state index in [-0.39, 0.29) is 6.10 Å². The average molecular weight is 286 g/mol. The molecular formula is C16H18N2OS. The first-order valence-electron chi connectivity index (χ1n) is 7.30. The number of hydrogen-bond acceptors (Lipinski definition) is 4. The lowest BCUT2D eigenvalue weighted by Crippen LogP contribution is -2.30. The molecule has 1 unspecified atom stereocenters. The highest BCUT2D eigenvalue weighted by Gasteiger charge is 2.26. The third kappa shape index (κ3) is 2.03.